The Hall–Kier alpha value is -2.44. The number of amides is 1. The van der Waals surface area contributed by atoms with Gasteiger partial charge in [0, 0.05) is 24.2 Å². The van der Waals surface area contributed by atoms with Gasteiger partial charge in [-0.3, -0.25) is 4.99 Å². The fourth-order valence-corrected chi connectivity index (χ4v) is 2.53. The molecule has 1 amide bonds. The first-order chi connectivity index (χ1) is 11.0. The first-order valence-corrected chi connectivity index (χ1v) is 7.90. The Kier molecular flexibility index (Phi) is 4.27. The summed E-state index contributed by atoms with van der Waals surface area (Å²) < 4.78 is 1.85. The van der Waals surface area contributed by atoms with Crippen LogP contribution in [0.4, 0.5) is 4.79 Å². The van der Waals surface area contributed by atoms with Gasteiger partial charge in [0.15, 0.2) is 5.65 Å². The van der Waals surface area contributed by atoms with Crippen LogP contribution in [-0.4, -0.2) is 44.3 Å². The molecule has 0 saturated heterocycles. The normalized spacial score (nSPS) is 15.1. The number of nitrogens with one attached hydrogen (secondary N) is 1. The maximum absolute atomic E-state index is 10.5. The number of rotatable bonds is 6. The molecular formula is C16H21N5O2. The van der Waals surface area contributed by atoms with Crippen molar-refractivity contribution < 1.29 is 9.90 Å². The zero-order valence-electron chi connectivity index (χ0n) is 13.4. The third-order valence-corrected chi connectivity index (χ3v) is 3.82. The number of fused-ring (bicyclic) bond motifs is 1. The summed E-state index contributed by atoms with van der Waals surface area (Å²) in [5.41, 5.74) is 3.60. The molecule has 0 atom stereocenters. The highest BCUT2D eigenvalue weighted by Gasteiger charge is 2.22. The Morgan fingerprint density at radius 3 is 2.96 bits per heavy atom. The monoisotopic (exact) mass is 315 g/mol. The molecule has 1 aliphatic carbocycles. The van der Waals surface area contributed by atoms with Gasteiger partial charge in [-0.1, -0.05) is 0 Å². The summed E-state index contributed by atoms with van der Waals surface area (Å²) in [7, 11) is 0. The molecule has 1 fully saturated rings. The number of hydrogen-bond donors (Lipinski definition) is 2. The second-order valence-electron chi connectivity index (χ2n) is 5.93. The SMILES string of the molecule is CC(=NC1CC1)c1nn(CCCNC(=O)O)c2nc(C)ccc12. The summed E-state index contributed by atoms with van der Waals surface area (Å²) in [4.78, 5) is 19.8. The summed E-state index contributed by atoms with van der Waals surface area (Å²) in [6.07, 6.45) is 1.98. The molecule has 3 rings (SSSR count). The van der Waals surface area contributed by atoms with Crippen LogP contribution >= 0.6 is 0 Å². The van der Waals surface area contributed by atoms with Gasteiger partial charge < -0.3 is 10.4 Å². The van der Waals surface area contributed by atoms with Gasteiger partial charge >= 0.3 is 6.09 Å². The lowest BCUT2D eigenvalue weighted by atomic mass is 10.2. The van der Waals surface area contributed by atoms with Gasteiger partial charge in [0.05, 0.1) is 11.8 Å². The molecule has 2 N–H and O–H groups in total. The number of aryl methyl sites for hydroxylation is 2. The van der Waals surface area contributed by atoms with E-state index in [1.54, 1.807) is 0 Å². The summed E-state index contributed by atoms with van der Waals surface area (Å²) in [6.45, 7) is 4.96. The second-order valence-corrected chi connectivity index (χ2v) is 5.93. The Bertz CT molecular complexity index is 761. The van der Waals surface area contributed by atoms with Gasteiger partial charge in [0.2, 0.25) is 0 Å². The highest BCUT2D eigenvalue weighted by molar-refractivity contribution is 6.07. The number of aromatic nitrogens is 3. The van der Waals surface area contributed by atoms with Crippen LogP contribution in [-0.2, 0) is 6.54 Å². The molecule has 0 bridgehead atoms. The first-order valence-electron chi connectivity index (χ1n) is 7.90. The maximum atomic E-state index is 10.5. The quantitative estimate of drug-likeness (QED) is 0.632. The lowest BCUT2D eigenvalue weighted by Crippen LogP contribution is -2.23. The number of hydrogen-bond acceptors (Lipinski definition) is 4. The van der Waals surface area contributed by atoms with Crippen LogP contribution < -0.4 is 5.32 Å². The average Bonchev–Trinajstić information content (AvgIpc) is 3.24. The van der Waals surface area contributed by atoms with Crippen molar-refractivity contribution in [1.29, 1.82) is 0 Å². The minimum absolute atomic E-state index is 0.396. The molecule has 122 valence electrons. The Morgan fingerprint density at radius 2 is 2.26 bits per heavy atom. The molecule has 0 radical (unpaired) electrons. The van der Waals surface area contributed by atoms with Gasteiger partial charge in [0.1, 0.15) is 5.69 Å². The fraction of sp³-hybridized carbons (Fsp3) is 0.500. The van der Waals surface area contributed by atoms with E-state index >= 15 is 0 Å². The molecule has 1 aliphatic rings. The summed E-state index contributed by atoms with van der Waals surface area (Å²) in [5.74, 6) is 0. The van der Waals surface area contributed by atoms with Crippen molar-refractivity contribution in [2.75, 3.05) is 6.54 Å². The number of aliphatic imine (C=N–C) groups is 1. The lowest BCUT2D eigenvalue weighted by molar-refractivity contribution is 0.194. The van der Waals surface area contributed by atoms with E-state index in [2.05, 4.69) is 20.4 Å². The topological polar surface area (TPSA) is 92.4 Å². The molecule has 2 aromatic rings. The summed E-state index contributed by atoms with van der Waals surface area (Å²) in [6, 6.07) is 4.47. The predicted molar refractivity (Wildman–Crippen MR) is 88.1 cm³/mol. The van der Waals surface area contributed by atoms with Crippen LogP contribution in [0.5, 0.6) is 0 Å². The van der Waals surface area contributed by atoms with E-state index in [1.165, 1.54) is 0 Å². The van der Waals surface area contributed by atoms with Crippen LogP contribution in [0.2, 0.25) is 0 Å². The molecule has 0 unspecified atom stereocenters. The lowest BCUT2D eigenvalue weighted by Gasteiger charge is -2.03. The van der Waals surface area contributed by atoms with Crippen molar-refractivity contribution in [3.8, 4) is 0 Å². The first kappa shape index (κ1) is 15.5. The fourth-order valence-electron chi connectivity index (χ4n) is 2.53. The van der Waals surface area contributed by atoms with Gasteiger partial charge in [-0.2, -0.15) is 5.10 Å². The van der Waals surface area contributed by atoms with E-state index in [0.717, 1.165) is 41.0 Å². The zero-order valence-corrected chi connectivity index (χ0v) is 13.4. The van der Waals surface area contributed by atoms with Crippen LogP contribution in [0.1, 0.15) is 37.6 Å². The molecule has 2 aromatic heterocycles. The number of pyridine rings is 1. The summed E-state index contributed by atoms with van der Waals surface area (Å²) >= 11 is 0. The van der Waals surface area contributed by atoms with E-state index in [4.69, 9.17) is 5.11 Å². The van der Waals surface area contributed by atoms with E-state index in [9.17, 15) is 4.79 Å². The molecule has 7 nitrogen and oxygen atoms in total. The Labute approximate surface area is 134 Å². The molecule has 0 aromatic carbocycles. The van der Waals surface area contributed by atoms with Crippen molar-refractivity contribution >= 4 is 22.8 Å². The second kappa shape index (κ2) is 6.36. The maximum Gasteiger partial charge on any atom is 0.404 e. The third kappa shape index (κ3) is 3.67. The van der Waals surface area contributed by atoms with Gasteiger partial charge in [0.25, 0.3) is 0 Å². The van der Waals surface area contributed by atoms with E-state index in [0.29, 0.717) is 25.6 Å². The Morgan fingerprint density at radius 1 is 1.48 bits per heavy atom. The van der Waals surface area contributed by atoms with Gasteiger partial charge in [-0.15, -0.1) is 0 Å². The molecule has 1 saturated carbocycles. The number of carboxylic acid groups (broad SMARTS) is 1. The zero-order chi connectivity index (χ0) is 16.4. The minimum atomic E-state index is -1.00. The molecular weight excluding hydrogens is 294 g/mol. The van der Waals surface area contributed by atoms with Crippen molar-refractivity contribution in [2.24, 2.45) is 4.99 Å². The minimum Gasteiger partial charge on any atom is -0.465 e. The van der Waals surface area contributed by atoms with Crippen molar-refractivity contribution in [2.45, 2.75) is 45.7 Å². The molecule has 0 aliphatic heterocycles. The average molecular weight is 315 g/mol. The van der Waals surface area contributed by atoms with Crippen LogP contribution in [0.3, 0.4) is 0 Å². The highest BCUT2D eigenvalue weighted by Crippen LogP contribution is 2.26. The van der Waals surface area contributed by atoms with E-state index < -0.39 is 6.09 Å². The largest absolute Gasteiger partial charge is 0.465 e. The van der Waals surface area contributed by atoms with Gasteiger partial charge in [-0.25, -0.2) is 14.5 Å². The molecule has 2 heterocycles. The van der Waals surface area contributed by atoms with Crippen LogP contribution in [0.25, 0.3) is 11.0 Å². The van der Waals surface area contributed by atoms with Gasteiger partial charge in [-0.05, 0) is 45.2 Å². The standard InChI is InChI=1S/C16H21N5O2/c1-10-4-7-13-14(11(2)19-12-5-6-12)20-21(15(13)18-10)9-3-8-17-16(22)23/h4,7,12,17H,3,5-6,8-9H2,1-2H3,(H,22,23). The van der Waals surface area contributed by atoms with Crippen LogP contribution in [0, 0.1) is 6.92 Å². The smallest absolute Gasteiger partial charge is 0.404 e. The highest BCUT2D eigenvalue weighted by atomic mass is 16.4. The van der Waals surface area contributed by atoms with Crippen LogP contribution in [0.15, 0.2) is 17.1 Å². The molecule has 23 heavy (non-hydrogen) atoms. The molecule has 7 heteroatoms. The predicted octanol–water partition coefficient (Wildman–Crippen LogP) is 2.37. The third-order valence-electron chi connectivity index (χ3n) is 3.82. The van der Waals surface area contributed by atoms with Crippen molar-refractivity contribution in [1.82, 2.24) is 20.1 Å². The van der Waals surface area contributed by atoms with E-state index in [-0.39, 0.29) is 0 Å². The van der Waals surface area contributed by atoms with Crippen molar-refractivity contribution in [3.63, 3.8) is 0 Å². The molecule has 0 spiro atoms. The summed E-state index contributed by atoms with van der Waals surface area (Å²) in [5, 5.41) is 16.7. The van der Waals surface area contributed by atoms with E-state index in [1.807, 2.05) is 30.7 Å². The number of nitrogens with zero attached hydrogens (tertiary/aromatic N) is 4. The number of carbonyl (C=O) groups is 1. The van der Waals surface area contributed by atoms with Crippen molar-refractivity contribution in [3.05, 3.63) is 23.5 Å². The Balaban J connectivity index is 1.87.